The van der Waals surface area contributed by atoms with Crippen LogP contribution in [0, 0.1) is 0 Å². The second-order valence-corrected chi connectivity index (χ2v) is 5.08. The molecule has 3 N–H and O–H groups in total. The molecule has 18 heavy (non-hydrogen) atoms. The van der Waals surface area contributed by atoms with Gasteiger partial charge in [-0.1, -0.05) is 6.07 Å². The average Bonchev–Trinajstić information content (AvgIpc) is 2.13. The molecule has 0 fully saturated rings. The van der Waals surface area contributed by atoms with Crippen LogP contribution in [0.2, 0.25) is 0 Å². The number of nitrogens with one attached hydrogen (secondary N) is 1. The van der Waals surface area contributed by atoms with Crippen molar-refractivity contribution in [3.05, 3.63) is 23.8 Å². The molecule has 1 aromatic rings. The monoisotopic (exact) mass is 253 g/mol. The number of carbonyl (C=O) groups is 1. The number of benzene rings is 1. The number of phenols is 1. The summed E-state index contributed by atoms with van der Waals surface area (Å²) < 4.78 is 5.08. The minimum atomic E-state index is -0.763. The van der Waals surface area contributed by atoms with E-state index in [-0.39, 0.29) is 5.75 Å². The minimum Gasteiger partial charge on any atom is -0.507 e. The molecule has 0 saturated carbocycles. The van der Waals surface area contributed by atoms with Crippen LogP contribution in [-0.2, 0) is 4.74 Å². The Kier molecular flexibility index (Phi) is 4.19. The molecule has 100 valence electrons. The molecule has 0 radical (unpaired) electrons. The van der Waals surface area contributed by atoms with Gasteiger partial charge in [0.2, 0.25) is 0 Å². The number of ether oxygens (including phenoxy) is 1. The van der Waals surface area contributed by atoms with Crippen LogP contribution in [0.25, 0.3) is 0 Å². The standard InChI is InChI=1S/C13H19NO4/c1-8(15)10-6-5-9(7-11(10)16)14-12(17)18-13(2,3)4/h5-8,15-16H,1-4H3,(H,14,17)/t8-/m0/s1. The summed E-state index contributed by atoms with van der Waals surface area (Å²) in [6.07, 6.45) is -1.35. The van der Waals surface area contributed by atoms with Crippen LogP contribution in [0.1, 0.15) is 39.4 Å². The molecule has 0 aliphatic carbocycles. The summed E-state index contributed by atoms with van der Waals surface area (Å²) in [5.41, 5.74) is 0.238. The van der Waals surface area contributed by atoms with Crippen molar-refractivity contribution in [3.63, 3.8) is 0 Å². The van der Waals surface area contributed by atoms with E-state index in [9.17, 15) is 15.0 Å². The first-order valence-electron chi connectivity index (χ1n) is 5.70. The number of hydrogen-bond donors (Lipinski definition) is 3. The van der Waals surface area contributed by atoms with E-state index in [1.165, 1.54) is 6.07 Å². The summed E-state index contributed by atoms with van der Waals surface area (Å²) >= 11 is 0. The van der Waals surface area contributed by atoms with Crippen LogP contribution in [0.3, 0.4) is 0 Å². The predicted molar refractivity (Wildman–Crippen MR) is 68.6 cm³/mol. The maximum atomic E-state index is 11.5. The molecule has 0 aliphatic rings. The maximum Gasteiger partial charge on any atom is 0.412 e. The molecule has 0 bridgehead atoms. The summed E-state index contributed by atoms with van der Waals surface area (Å²) in [7, 11) is 0. The van der Waals surface area contributed by atoms with E-state index < -0.39 is 17.8 Å². The highest BCUT2D eigenvalue weighted by Gasteiger charge is 2.16. The van der Waals surface area contributed by atoms with E-state index >= 15 is 0 Å². The van der Waals surface area contributed by atoms with Gasteiger partial charge in [0.05, 0.1) is 6.10 Å². The number of phenolic OH excluding ortho intramolecular Hbond substituents is 1. The first-order valence-corrected chi connectivity index (χ1v) is 5.70. The summed E-state index contributed by atoms with van der Waals surface area (Å²) in [5, 5.41) is 21.5. The molecule has 1 atom stereocenters. The van der Waals surface area contributed by atoms with E-state index in [1.54, 1.807) is 39.8 Å². The highest BCUT2D eigenvalue weighted by Crippen LogP contribution is 2.27. The quantitative estimate of drug-likeness (QED) is 0.757. The number of aliphatic hydroxyl groups is 1. The molecule has 1 rings (SSSR count). The highest BCUT2D eigenvalue weighted by atomic mass is 16.6. The van der Waals surface area contributed by atoms with Gasteiger partial charge in [-0.3, -0.25) is 5.32 Å². The first-order chi connectivity index (χ1) is 8.19. The lowest BCUT2D eigenvalue weighted by Crippen LogP contribution is -2.27. The average molecular weight is 253 g/mol. The van der Waals surface area contributed by atoms with Crippen molar-refractivity contribution >= 4 is 11.8 Å². The van der Waals surface area contributed by atoms with Crippen LogP contribution in [0.5, 0.6) is 5.75 Å². The highest BCUT2D eigenvalue weighted by molar-refractivity contribution is 5.85. The first kappa shape index (κ1) is 14.3. The Morgan fingerprint density at radius 3 is 2.44 bits per heavy atom. The van der Waals surface area contributed by atoms with Gasteiger partial charge < -0.3 is 14.9 Å². The van der Waals surface area contributed by atoms with Crippen molar-refractivity contribution in [2.24, 2.45) is 0 Å². The van der Waals surface area contributed by atoms with Crippen molar-refractivity contribution in [2.45, 2.75) is 39.4 Å². The molecule has 0 unspecified atom stereocenters. The lowest BCUT2D eigenvalue weighted by atomic mass is 10.1. The molecule has 0 saturated heterocycles. The third-order valence-electron chi connectivity index (χ3n) is 2.13. The van der Waals surface area contributed by atoms with Gasteiger partial charge in [-0.15, -0.1) is 0 Å². The van der Waals surface area contributed by atoms with Gasteiger partial charge in [-0.25, -0.2) is 4.79 Å². The Balaban J connectivity index is 2.75. The smallest absolute Gasteiger partial charge is 0.412 e. The maximum absolute atomic E-state index is 11.5. The van der Waals surface area contributed by atoms with Gasteiger partial charge in [0.15, 0.2) is 0 Å². The molecule has 0 spiro atoms. The molecular weight excluding hydrogens is 234 g/mol. The zero-order chi connectivity index (χ0) is 13.9. The third kappa shape index (κ3) is 4.25. The van der Waals surface area contributed by atoms with E-state index in [1.807, 2.05) is 0 Å². The fourth-order valence-corrected chi connectivity index (χ4v) is 1.40. The number of amides is 1. The van der Waals surface area contributed by atoms with Crippen molar-refractivity contribution in [1.29, 1.82) is 0 Å². The fraction of sp³-hybridized carbons (Fsp3) is 0.462. The molecule has 0 aromatic heterocycles. The van der Waals surface area contributed by atoms with E-state index in [2.05, 4.69) is 5.32 Å². The molecular formula is C13H19NO4. The van der Waals surface area contributed by atoms with Crippen molar-refractivity contribution < 1.29 is 19.7 Å². The Labute approximate surface area is 106 Å². The number of hydrogen-bond acceptors (Lipinski definition) is 4. The molecule has 5 heteroatoms. The topological polar surface area (TPSA) is 78.8 Å². The van der Waals surface area contributed by atoms with Crippen molar-refractivity contribution in [2.75, 3.05) is 5.32 Å². The Hall–Kier alpha value is -1.75. The summed E-state index contributed by atoms with van der Waals surface area (Å²) in [4.78, 5) is 11.5. The van der Waals surface area contributed by atoms with Crippen LogP contribution in [-0.4, -0.2) is 21.9 Å². The molecule has 0 heterocycles. The lowest BCUT2D eigenvalue weighted by Gasteiger charge is -2.20. The van der Waals surface area contributed by atoms with Crippen LogP contribution < -0.4 is 5.32 Å². The largest absolute Gasteiger partial charge is 0.507 e. The summed E-state index contributed by atoms with van der Waals surface area (Å²) in [5.74, 6) is -0.0708. The second kappa shape index (κ2) is 5.27. The van der Waals surface area contributed by atoms with Crippen molar-refractivity contribution in [3.8, 4) is 5.75 Å². The predicted octanol–water partition coefficient (Wildman–Crippen LogP) is 2.79. The summed E-state index contributed by atoms with van der Waals surface area (Å²) in [6, 6.07) is 4.50. The number of aliphatic hydroxyl groups excluding tert-OH is 1. The van der Waals surface area contributed by atoms with E-state index in [0.29, 0.717) is 11.3 Å². The minimum absolute atomic E-state index is 0.0708. The van der Waals surface area contributed by atoms with E-state index in [4.69, 9.17) is 4.74 Å². The van der Waals surface area contributed by atoms with Gasteiger partial charge in [-0.2, -0.15) is 0 Å². The third-order valence-corrected chi connectivity index (χ3v) is 2.13. The number of anilines is 1. The Bertz CT molecular complexity index is 435. The number of rotatable bonds is 2. The SMILES string of the molecule is C[C@H](O)c1ccc(NC(=O)OC(C)(C)C)cc1O. The number of carbonyl (C=O) groups excluding carboxylic acids is 1. The normalized spacial score (nSPS) is 12.9. The van der Waals surface area contributed by atoms with Crippen molar-refractivity contribution in [1.82, 2.24) is 0 Å². The van der Waals surface area contributed by atoms with Gasteiger partial charge in [0.1, 0.15) is 11.4 Å². The molecule has 1 amide bonds. The van der Waals surface area contributed by atoms with Gasteiger partial charge >= 0.3 is 6.09 Å². The van der Waals surface area contributed by atoms with Gasteiger partial charge in [0, 0.05) is 17.3 Å². The lowest BCUT2D eigenvalue weighted by molar-refractivity contribution is 0.0636. The zero-order valence-corrected chi connectivity index (χ0v) is 11.0. The molecule has 1 aromatic carbocycles. The Morgan fingerprint density at radius 2 is 2.00 bits per heavy atom. The van der Waals surface area contributed by atoms with Gasteiger partial charge in [0.25, 0.3) is 0 Å². The molecule has 5 nitrogen and oxygen atoms in total. The zero-order valence-electron chi connectivity index (χ0n) is 11.0. The van der Waals surface area contributed by atoms with Gasteiger partial charge in [-0.05, 0) is 33.8 Å². The Morgan fingerprint density at radius 1 is 1.39 bits per heavy atom. The van der Waals surface area contributed by atoms with Crippen LogP contribution in [0.4, 0.5) is 10.5 Å². The summed E-state index contributed by atoms with van der Waals surface area (Å²) in [6.45, 7) is 6.85. The van der Waals surface area contributed by atoms with Crippen LogP contribution in [0.15, 0.2) is 18.2 Å². The molecule has 0 aliphatic heterocycles. The van der Waals surface area contributed by atoms with Crippen LogP contribution >= 0.6 is 0 Å². The van der Waals surface area contributed by atoms with E-state index in [0.717, 1.165) is 0 Å². The second-order valence-electron chi connectivity index (χ2n) is 5.08. The fourth-order valence-electron chi connectivity index (χ4n) is 1.40. The number of aromatic hydroxyl groups is 1.